The molecule has 0 aromatic heterocycles. The van der Waals surface area contributed by atoms with Crippen LogP contribution >= 0.6 is 23.2 Å². The molecule has 0 saturated heterocycles. The summed E-state index contributed by atoms with van der Waals surface area (Å²) in [6.07, 6.45) is 3.37. The van der Waals surface area contributed by atoms with E-state index >= 15 is 0 Å². The Morgan fingerprint density at radius 2 is 1.33 bits per heavy atom. The largest absolute Gasteiger partial charge is 0.289 e. The molecule has 0 aliphatic heterocycles. The monoisotopic (exact) mass is 352 g/mol. The number of halogens is 2. The van der Waals surface area contributed by atoms with E-state index in [1.54, 1.807) is 24.3 Å². The summed E-state index contributed by atoms with van der Waals surface area (Å²) in [6.45, 7) is 0. The van der Waals surface area contributed by atoms with Gasteiger partial charge >= 0.3 is 0 Å². The lowest BCUT2D eigenvalue weighted by molar-refractivity contribution is 0.104. The Morgan fingerprint density at radius 1 is 0.750 bits per heavy atom. The Bertz CT molecular complexity index is 878. The Balaban J connectivity index is 1.90. The summed E-state index contributed by atoms with van der Waals surface area (Å²) in [5.74, 6) is -0.0458. The zero-order valence-electron chi connectivity index (χ0n) is 12.7. The molecule has 0 atom stereocenters. The third-order valence-corrected chi connectivity index (χ3v) is 4.15. The molecule has 0 heterocycles. The first-order valence-electron chi connectivity index (χ1n) is 7.46. The van der Waals surface area contributed by atoms with Gasteiger partial charge in [0.1, 0.15) is 0 Å². The van der Waals surface area contributed by atoms with Gasteiger partial charge in [0.25, 0.3) is 0 Å². The van der Waals surface area contributed by atoms with Gasteiger partial charge in [0, 0.05) is 15.6 Å². The molecule has 118 valence electrons. The molecule has 0 bridgehead atoms. The van der Waals surface area contributed by atoms with Crippen molar-refractivity contribution in [2.45, 2.75) is 0 Å². The minimum atomic E-state index is -0.0458. The van der Waals surface area contributed by atoms with E-state index in [1.807, 2.05) is 60.7 Å². The standard InChI is InChI=1S/C21H14Cl2O/c22-17-10-5-15(6-11-17)7-14-21(24)20-4-2-1-3-19(20)16-8-12-18(23)13-9-16/h1-14H/b14-7+. The molecular formula is C21H14Cl2O. The molecule has 0 spiro atoms. The van der Waals surface area contributed by atoms with Crippen LogP contribution in [0.5, 0.6) is 0 Å². The van der Waals surface area contributed by atoms with Gasteiger partial charge in [0.2, 0.25) is 0 Å². The Kier molecular flexibility index (Phi) is 5.14. The van der Waals surface area contributed by atoms with Crippen LogP contribution in [-0.2, 0) is 0 Å². The van der Waals surface area contributed by atoms with Crippen molar-refractivity contribution in [3.63, 3.8) is 0 Å². The van der Waals surface area contributed by atoms with Gasteiger partial charge in [-0.05, 0) is 47.0 Å². The summed E-state index contributed by atoms with van der Waals surface area (Å²) >= 11 is 11.8. The maximum Gasteiger partial charge on any atom is 0.186 e. The van der Waals surface area contributed by atoms with Crippen molar-refractivity contribution in [2.75, 3.05) is 0 Å². The van der Waals surface area contributed by atoms with E-state index in [-0.39, 0.29) is 5.78 Å². The highest BCUT2D eigenvalue weighted by Gasteiger charge is 2.09. The molecule has 0 aliphatic rings. The van der Waals surface area contributed by atoms with Crippen LogP contribution in [0.3, 0.4) is 0 Å². The van der Waals surface area contributed by atoms with Crippen molar-refractivity contribution in [2.24, 2.45) is 0 Å². The van der Waals surface area contributed by atoms with Crippen molar-refractivity contribution in [3.8, 4) is 11.1 Å². The molecule has 1 nitrogen and oxygen atoms in total. The van der Waals surface area contributed by atoms with Crippen LogP contribution in [0.1, 0.15) is 15.9 Å². The minimum absolute atomic E-state index is 0.0458. The molecule has 0 N–H and O–H groups in total. The zero-order valence-corrected chi connectivity index (χ0v) is 14.3. The summed E-state index contributed by atoms with van der Waals surface area (Å²) in [5.41, 5.74) is 3.44. The van der Waals surface area contributed by atoms with E-state index in [4.69, 9.17) is 23.2 Å². The van der Waals surface area contributed by atoms with Gasteiger partial charge in [0.15, 0.2) is 5.78 Å². The molecule has 0 aliphatic carbocycles. The highest BCUT2D eigenvalue weighted by atomic mass is 35.5. The van der Waals surface area contributed by atoms with Gasteiger partial charge < -0.3 is 0 Å². The number of allylic oxidation sites excluding steroid dienone is 1. The van der Waals surface area contributed by atoms with E-state index in [0.29, 0.717) is 15.6 Å². The minimum Gasteiger partial charge on any atom is -0.289 e. The van der Waals surface area contributed by atoms with Gasteiger partial charge in [-0.2, -0.15) is 0 Å². The summed E-state index contributed by atoms with van der Waals surface area (Å²) in [5, 5.41) is 1.34. The van der Waals surface area contributed by atoms with Crippen LogP contribution in [0, 0.1) is 0 Å². The smallest absolute Gasteiger partial charge is 0.186 e. The number of hydrogen-bond acceptors (Lipinski definition) is 1. The molecule has 0 amide bonds. The molecule has 0 radical (unpaired) electrons. The SMILES string of the molecule is O=C(/C=C/c1ccc(Cl)cc1)c1ccccc1-c1ccc(Cl)cc1. The predicted octanol–water partition coefficient (Wildman–Crippen LogP) is 6.56. The van der Waals surface area contributed by atoms with Gasteiger partial charge in [-0.15, -0.1) is 0 Å². The zero-order chi connectivity index (χ0) is 16.9. The second-order valence-corrected chi connectivity index (χ2v) is 6.17. The topological polar surface area (TPSA) is 17.1 Å². The van der Waals surface area contributed by atoms with Gasteiger partial charge in [-0.3, -0.25) is 4.79 Å². The van der Waals surface area contributed by atoms with E-state index < -0.39 is 0 Å². The predicted molar refractivity (Wildman–Crippen MR) is 102 cm³/mol. The third-order valence-electron chi connectivity index (χ3n) is 3.64. The number of benzene rings is 3. The molecule has 0 unspecified atom stereocenters. The van der Waals surface area contributed by atoms with Crippen LogP contribution in [0.2, 0.25) is 10.0 Å². The van der Waals surface area contributed by atoms with E-state index in [1.165, 1.54) is 0 Å². The van der Waals surface area contributed by atoms with Crippen LogP contribution in [0.4, 0.5) is 0 Å². The normalized spacial score (nSPS) is 10.9. The molecule has 24 heavy (non-hydrogen) atoms. The molecule has 3 aromatic carbocycles. The number of rotatable bonds is 4. The highest BCUT2D eigenvalue weighted by molar-refractivity contribution is 6.31. The average Bonchev–Trinajstić information content (AvgIpc) is 2.62. The fourth-order valence-electron chi connectivity index (χ4n) is 2.41. The maximum absolute atomic E-state index is 12.6. The van der Waals surface area contributed by atoms with Gasteiger partial charge in [-0.1, -0.05) is 77.8 Å². The fraction of sp³-hybridized carbons (Fsp3) is 0. The van der Waals surface area contributed by atoms with Crippen LogP contribution in [-0.4, -0.2) is 5.78 Å². The van der Waals surface area contributed by atoms with Crippen molar-refractivity contribution in [1.29, 1.82) is 0 Å². The summed E-state index contributed by atoms with van der Waals surface area (Å²) in [4.78, 5) is 12.6. The molecule has 0 fully saturated rings. The third kappa shape index (κ3) is 3.94. The number of hydrogen-bond donors (Lipinski definition) is 0. The fourth-order valence-corrected chi connectivity index (χ4v) is 2.67. The molecule has 0 saturated carbocycles. The first-order chi connectivity index (χ1) is 11.6. The van der Waals surface area contributed by atoms with Crippen LogP contribution in [0.15, 0.2) is 78.9 Å². The van der Waals surface area contributed by atoms with Crippen molar-refractivity contribution in [3.05, 3.63) is 100 Å². The quantitative estimate of drug-likeness (QED) is 0.384. The van der Waals surface area contributed by atoms with Crippen molar-refractivity contribution >= 4 is 35.1 Å². The summed E-state index contributed by atoms with van der Waals surface area (Å²) in [7, 11) is 0. The molecule has 3 aromatic rings. The lowest BCUT2D eigenvalue weighted by Gasteiger charge is -2.07. The Labute approximate surface area is 151 Å². The lowest BCUT2D eigenvalue weighted by atomic mass is 9.96. The molecule has 3 rings (SSSR count). The van der Waals surface area contributed by atoms with E-state index in [9.17, 15) is 4.79 Å². The summed E-state index contributed by atoms with van der Waals surface area (Å²) < 4.78 is 0. The highest BCUT2D eigenvalue weighted by Crippen LogP contribution is 2.26. The second kappa shape index (κ2) is 7.48. The molecule has 3 heteroatoms. The first kappa shape index (κ1) is 16.5. The maximum atomic E-state index is 12.6. The molecular weight excluding hydrogens is 339 g/mol. The second-order valence-electron chi connectivity index (χ2n) is 5.30. The van der Waals surface area contributed by atoms with Gasteiger partial charge in [-0.25, -0.2) is 0 Å². The summed E-state index contributed by atoms with van der Waals surface area (Å²) in [6, 6.07) is 22.4. The van der Waals surface area contributed by atoms with Crippen LogP contribution in [0.25, 0.3) is 17.2 Å². The van der Waals surface area contributed by atoms with Crippen molar-refractivity contribution in [1.82, 2.24) is 0 Å². The van der Waals surface area contributed by atoms with Crippen LogP contribution < -0.4 is 0 Å². The Hall–Kier alpha value is -2.35. The number of carbonyl (C=O) groups is 1. The first-order valence-corrected chi connectivity index (χ1v) is 8.22. The van der Waals surface area contributed by atoms with Gasteiger partial charge in [0.05, 0.1) is 0 Å². The van der Waals surface area contributed by atoms with E-state index in [0.717, 1.165) is 16.7 Å². The lowest BCUT2D eigenvalue weighted by Crippen LogP contribution is -1.97. The average molecular weight is 353 g/mol. The Morgan fingerprint density at radius 3 is 2.00 bits per heavy atom. The number of carbonyl (C=O) groups excluding carboxylic acids is 1. The van der Waals surface area contributed by atoms with E-state index in [2.05, 4.69) is 0 Å². The van der Waals surface area contributed by atoms with Crippen molar-refractivity contribution < 1.29 is 4.79 Å². The number of ketones is 1.